The maximum Gasteiger partial charge on any atom is 0.178 e. The van der Waals surface area contributed by atoms with Gasteiger partial charge in [0, 0.05) is 0 Å². The predicted octanol–water partition coefficient (Wildman–Crippen LogP) is 4.69. The van der Waals surface area contributed by atoms with E-state index in [4.69, 9.17) is 9.47 Å². The minimum absolute atomic E-state index is 0.187. The molecule has 158 valence electrons. The zero-order valence-corrected chi connectivity index (χ0v) is 17.7. The second kappa shape index (κ2) is 11.5. The fraction of sp³-hybridized carbons (Fsp3) is 0.913. The van der Waals surface area contributed by atoms with Gasteiger partial charge in [-0.1, -0.05) is 26.0 Å². The molecule has 0 aromatic heterocycles. The molecule has 2 aliphatic rings. The highest BCUT2D eigenvalue weighted by Crippen LogP contribution is 2.34. The summed E-state index contributed by atoms with van der Waals surface area (Å²) in [6, 6.07) is 0. The molecule has 0 aliphatic heterocycles. The van der Waals surface area contributed by atoms with Crippen LogP contribution in [-0.2, 0) is 9.47 Å². The van der Waals surface area contributed by atoms with Crippen molar-refractivity contribution in [2.45, 2.75) is 97.1 Å². The fourth-order valence-corrected chi connectivity index (χ4v) is 4.74. The lowest BCUT2D eigenvalue weighted by molar-refractivity contribution is -0.148. The summed E-state index contributed by atoms with van der Waals surface area (Å²) < 4.78 is 11.4. The van der Waals surface area contributed by atoms with Crippen molar-refractivity contribution in [3.63, 3.8) is 0 Å². The van der Waals surface area contributed by atoms with Gasteiger partial charge >= 0.3 is 0 Å². The molecule has 4 heteroatoms. The van der Waals surface area contributed by atoms with Crippen molar-refractivity contribution < 1.29 is 19.7 Å². The third kappa shape index (κ3) is 8.23. The van der Waals surface area contributed by atoms with Gasteiger partial charge in [0.2, 0.25) is 0 Å². The van der Waals surface area contributed by atoms with Crippen LogP contribution in [0.25, 0.3) is 0 Å². The molecule has 2 atom stereocenters. The molecule has 2 saturated carbocycles. The van der Waals surface area contributed by atoms with Gasteiger partial charge in [-0.25, -0.2) is 0 Å². The topological polar surface area (TPSA) is 58.9 Å². The lowest BCUT2D eigenvalue weighted by Crippen LogP contribution is -2.29. The first-order valence-electron chi connectivity index (χ1n) is 11.1. The minimum atomic E-state index is -0.865. The number of hydrogen-bond acceptors (Lipinski definition) is 4. The zero-order valence-electron chi connectivity index (χ0n) is 17.7. The highest BCUT2D eigenvalue weighted by molar-refractivity contribution is 4.97. The van der Waals surface area contributed by atoms with E-state index in [-0.39, 0.29) is 18.8 Å². The monoisotopic (exact) mass is 382 g/mol. The van der Waals surface area contributed by atoms with Crippen LogP contribution >= 0.6 is 0 Å². The molecule has 4 nitrogen and oxygen atoms in total. The standard InChI is InChI=1S/C23H42O4/c1-16(2)20-9-11-22(12-10-20)26-15-23(25)27-14-17(3)13-19-5-7-21(8-6-19)18(4)24/h16,18-25H,3,5-15H2,1-2,4H3. The average Bonchev–Trinajstić information content (AvgIpc) is 2.65. The molecule has 0 radical (unpaired) electrons. The highest BCUT2D eigenvalue weighted by Gasteiger charge is 2.25. The smallest absolute Gasteiger partial charge is 0.178 e. The van der Waals surface area contributed by atoms with E-state index in [1.54, 1.807) is 0 Å². The van der Waals surface area contributed by atoms with Crippen molar-refractivity contribution >= 4 is 0 Å². The Morgan fingerprint density at radius 2 is 1.52 bits per heavy atom. The van der Waals surface area contributed by atoms with Crippen molar-refractivity contribution in [2.75, 3.05) is 13.2 Å². The Morgan fingerprint density at radius 1 is 0.926 bits per heavy atom. The number of rotatable bonds is 10. The van der Waals surface area contributed by atoms with Gasteiger partial charge in [-0.2, -0.15) is 0 Å². The Bertz CT molecular complexity index is 418. The maximum absolute atomic E-state index is 10.1. The molecular weight excluding hydrogens is 340 g/mol. The van der Waals surface area contributed by atoms with E-state index >= 15 is 0 Å². The van der Waals surface area contributed by atoms with Crippen molar-refractivity contribution in [1.29, 1.82) is 0 Å². The zero-order chi connectivity index (χ0) is 19.8. The Kier molecular flexibility index (Phi) is 9.78. The minimum Gasteiger partial charge on any atom is -0.393 e. The third-order valence-corrected chi connectivity index (χ3v) is 6.77. The fourth-order valence-electron chi connectivity index (χ4n) is 4.74. The Morgan fingerprint density at radius 3 is 2.07 bits per heavy atom. The van der Waals surface area contributed by atoms with E-state index in [9.17, 15) is 10.2 Å². The number of hydrogen-bond donors (Lipinski definition) is 2. The van der Waals surface area contributed by atoms with Gasteiger partial charge in [0.25, 0.3) is 0 Å². The van der Waals surface area contributed by atoms with E-state index in [0.717, 1.165) is 62.4 Å². The first kappa shape index (κ1) is 22.9. The SMILES string of the molecule is C=C(COC(O)COC1CCC(C(C)C)CC1)CC1CCC(C(C)O)CC1. The van der Waals surface area contributed by atoms with Crippen molar-refractivity contribution in [1.82, 2.24) is 0 Å². The first-order valence-corrected chi connectivity index (χ1v) is 11.1. The first-order chi connectivity index (χ1) is 12.8. The summed E-state index contributed by atoms with van der Waals surface area (Å²) in [7, 11) is 0. The van der Waals surface area contributed by atoms with Gasteiger partial charge in [-0.3, -0.25) is 0 Å². The van der Waals surface area contributed by atoms with Crippen LogP contribution in [0.15, 0.2) is 12.2 Å². The maximum atomic E-state index is 10.1. The van der Waals surface area contributed by atoms with Crippen LogP contribution in [0.2, 0.25) is 0 Å². The van der Waals surface area contributed by atoms with Crippen molar-refractivity contribution in [2.24, 2.45) is 23.7 Å². The molecule has 0 saturated heterocycles. The Hall–Kier alpha value is -0.420. The van der Waals surface area contributed by atoms with Crippen LogP contribution in [0.4, 0.5) is 0 Å². The Labute approximate surface area is 166 Å². The Balaban J connectivity index is 1.54. The summed E-state index contributed by atoms with van der Waals surface area (Å²) in [6.07, 6.45) is 9.33. The summed E-state index contributed by atoms with van der Waals surface area (Å²) in [6.45, 7) is 11.3. The van der Waals surface area contributed by atoms with Gasteiger partial charge in [0.1, 0.15) is 0 Å². The van der Waals surface area contributed by atoms with Crippen molar-refractivity contribution in [3.05, 3.63) is 12.2 Å². The lowest BCUT2D eigenvalue weighted by Gasteiger charge is -2.31. The molecule has 27 heavy (non-hydrogen) atoms. The van der Waals surface area contributed by atoms with Crippen LogP contribution < -0.4 is 0 Å². The summed E-state index contributed by atoms with van der Waals surface area (Å²) in [5, 5.41) is 19.7. The van der Waals surface area contributed by atoms with Gasteiger partial charge in [0.05, 0.1) is 25.4 Å². The van der Waals surface area contributed by atoms with Crippen LogP contribution in [-0.4, -0.2) is 41.9 Å². The molecule has 0 aromatic carbocycles. The molecular formula is C23H42O4. The summed E-state index contributed by atoms with van der Waals surface area (Å²) in [5.41, 5.74) is 1.05. The normalized spacial score (nSPS) is 31.6. The van der Waals surface area contributed by atoms with Gasteiger partial charge in [-0.15, -0.1) is 0 Å². The van der Waals surface area contributed by atoms with Gasteiger partial charge in [0.15, 0.2) is 6.29 Å². The number of aliphatic hydroxyl groups is 2. The van der Waals surface area contributed by atoms with Crippen LogP contribution in [0.1, 0.15) is 78.6 Å². The second-order valence-electron chi connectivity index (χ2n) is 9.36. The summed E-state index contributed by atoms with van der Waals surface area (Å²) in [4.78, 5) is 0. The molecule has 2 rings (SSSR count). The summed E-state index contributed by atoms with van der Waals surface area (Å²) >= 11 is 0. The number of aliphatic hydroxyl groups excluding tert-OH is 2. The van der Waals surface area contributed by atoms with Gasteiger partial charge < -0.3 is 19.7 Å². The predicted molar refractivity (Wildman–Crippen MR) is 109 cm³/mol. The third-order valence-electron chi connectivity index (χ3n) is 6.77. The molecule has 2 unspecified atom stereocenters. The van der Waals surface area contributed by atoms with Crippen molar-refractivity contribution in [3.8, 4) is 0 Å². The molecule has 0 heterocycles. The molecule has 2 N–H and O–H groups in total. The molecule has 2 fully saturated rings. The van der Waals surface area contributed by atoms with E-state index < -0.39 is 6.29 Å². The quantitative estimate of drug-likeness (QED) is 0.425. The second-order valence-corrected chi connectivity index (χ2v) is 9.36. The van der Waals surface area contributed by atoms with Gasteiger partial charge in [-0.05, 0) is 88.4 Å². The van der Waals surface area contributed by atoms with E-state index in [0.29, 0.717) is 18.4 Å². The van der Waals surface area contributed by atoms with Crippen LogP contribution in [0.5, 0.6) is 0 Å². The van der Waals surface area contributed by atoms with E-state index in [1.165, 1.54) is 12.8 Å². The summed E-state index contributed by atoms with van der Waals surface area (Å²) in [5.74, 6) is 2.68. The van der Waals surface area contributed by atoms with Crippen LogP contribution in [0, 0.1) is 23.7 Å². The van der Waals surface area contributed by atoms with E-state index in [1.807, 2.05) is 6.92 Å². The molecule has 0 spiro atoms. The largest absolute Gasteiger partial charge is 0.393 e. The number of ether oxygens (including phenoxy) is 2. The molecule has 0 amide bonds. The average molecular weight is 383 g/mol. The molecule has 0 bridgehead atoms. The van der Waals surface area contributed by atoms with E-state index in [2.05, 4.69) is 20.4 Å². The lowest BCUT2D eigenvalue weighted by atomic mass is 9.77. The van der Waals surface area contributed by atoms with Crippen LogP contribution in [0.3, 0.4) is 0 Å². The molecule has 0 aromatic rings. The highest BCUT2D eigenvalue weighted by atomic mass is 16.6. The molecule has 2 aliphatic carbocycles.